The van der Waals surface area contributed by atoms with Crippen LogP contribution < -0.4 is 0 Å². The summed E-state index contributed by atoms with van der Waals surface area (Å²) in [7, 11) is 2.22. The van der Waals surface area contributed by atoms with Gasteiger partial charge in [-0.15, -0.1) is 21.5 Å². The minimum Gasteiger partial charge on any atom is -0.297 e. The molecule has 0 amide bonds. The fourth-order valence-electron chi connectivity index (χ4n) is 3.39. The highest BCUT2D eigenvalue weighted by atomic mass is 32.1. The summed E-state index contributed by atoms with van der Waals surface area (Å²) < 4.78 is 0. The molecule has 5 heteroatoms. The lowest BCUT2D eigenvalue weighted by Gasteiger charge is -2.41. The van der Waals surface area contributed by atoms with Crippen LogP contribution in [0.15, 0.2) is 30.3 Å². The van der Waals surface area contributed by atoms with E-state index in [4.69, 9.17) is 0 Å². The van der Waals surface area contributed by atoms with Crippen molar-refractivity contribution in [2.45, 2.75) is 51.9 Å². The predicted molar refractivity (Wildman–Crippen MR) is 95.4 cm³/mol. The van der Waals surface area contributed by atoms with Crippen molar-refractivity contribution in [1.29, 1.82) is 0 Å². The molecule has 3 rings (SSSR count). The third-order valence-corrected chi connectivity index (χ3v) is 5.61. The van der Waals surface area contributed by atoms with E-state index in [1.54, 1.807) is 11.3 Å². The average Bonchev–Trinajstić information content (AvgIpc) is 2.95. The van der Waals surface area contributed by atoms with E-state index in [9.17, 15) is 0 Å². The molecule has 2 heterocycles. The zero-order valence-corrected chi connectivity index (χ0v) is 15.1. The van der Waals surface area contributed by atoms with Gasteiger partial charge in [0, 0.05) is 25.2 Å². The number of benzene rings is 1. The molecule has 124 valence electrons. The van der Waals surface area contributed by atoms with Crippen molar-refractivity contribution >= 4 is 11.3 Å². The Hall–Kier alpha value is -1.30. The number of likely N-dealkylation sites (tertiary alicyclic amines) is 1. The number of rotatable bonds is 5. The number of aromatic nitrogens is 2. The molecule has 23 heavy (non-hydrogen) atoms. The van der Waals surface area contributed by atoms with Crippen LogP contribution in [0, 0.1) is 6.92 Å². The van der Waals surface area contributed by atoms with Gasteiger partial charge in [0.2, 0.25) is 0 Å². The van der Waals surface area contributed by atoms with Crippen LogP contribution in [0.1, 0.15) is 35.3 Å². The van der Waals surface area contributed by atoms with E-state index >= 15 is 0 Å². The van der Waals surface area contributed by atoms with Crippen LogP contribution in [-0.2, 0) is 13.1 Å². The van der Waals surface area contributed by atoms with Gasteiger partial charge in [-0.05, 0) is 39.3 Å². The maximum absolute atomic E-state index is 4.26. The number of nitrogens with zero attached hydrogens (tertiary/aromatic N) is 4. The van der Waals surface area contributed by atoms with E-state index < -0.39 is 0 Å². The normalized spacial score (nSPS) is 22.6. The molecular weight excluding hydrogens is 304 g/mol. The standard InChI is InChI=1S/C18H26N4S/c1-14-11-17(21(3)13-18-20-19-15(2)23-18)9-10-22(14)12-16-7-5-4-6-8-16/h4-8,14,17H,9-13H2,1-3H3/t14-,17+/m1/s1. The van der Waals surface area contributed by atoms with Gasteiger partial charge in [-0.3, -0.25) is 9.80 Å². The zero-order valence-electron chi connectivity index (χ0n) is 14.3. The van der Waals surface area contributed by atoms with E-state index in [1.807, 2.05) is 6.92 Å². The quantitative estimate of drug-likeness (QED) is 0.842. The van der Waals surface area contributed by atoms with Crippen molar-refractivity contribution in [3.8, 4) is 0 Å². The predicted octanol–water partition coefficient (Wildman–Crippen LogP) is 3.33. The molecule has 0 bridgehead atoms. The summed E-state index contributed by atoms with van der Waals surface area (Å²) in [6, 6.07) is 12.1. The van der Waals surface area contributed by atoms with Crippen LogP contribution in [0.2, 0.25) is 0 Å². The third kappa shape index (κ3) is 4.37. The van der Waals surface area contributed by atoms with Crippen molar-refractivity contribution in [3.05, 3.63) is 45.9 Å². The van der Waals surface area contributed by atoms with Gasteiger partial charge >= 0.3 is 0 Å². The van der Waals surface area contributed by atoms with E-state index in [-0.39, 0.29) is 0 Å². The Morgan fingerprint density at radius 3 is 2.70 bits per heavy atom. The lowest BCUT2D eigenvalue weighted by atomic mass is 9.96. The van der Waals surface area contributed by atoms with Gasteiger partial charge in [-0.2, -0.15) is 0 Å². The van der Waals surface area contributed by atoms with Gasteiger partial charge < -0.3 is 0 Å². The van der Waals surface area contributed by atoms with Gasteiger partial charge in [0.15, 0.2) is 0 Å². The van der Waals surface area contributed by atoms with Crippen molar-refractivity contribution < 1.29 is 0 Å². The van der Waals surface area contributed by atoms with Gasteiger partial charge in [-0.1, -0.05) is 30.3 Å². The molecular formula is C18H26N4S. The van der Waals surface area contributed by atoms with Gasteiger partial charge in [0.25, 0.3) is 0 Å². The lowest BCUT2D eigenvalue weighted by Crippen LogP contribution is -2.47. The highest BCUT2D eigenvalue weighted by molar-refractivity contribution is 7.11. The second-order valence-electron chi connectivity index (χ2n) is 6.61. The third-order valence-electron chi connectivity index (χ3n) is 4.79. The van der Waals surface area contributed by atoms with E-state index in [0.717, 1.165) is 23.1 Å². The summed E-state index contributed by atoms with van der Waals surface area (Å²) in [5.41, 5.74) is 1.41. The first kappa shape index (κ1) is 16.6. The highest BCUT2D eigenvalue weighted by Crippen LogP contribution is 2.24. The Labute approximate surface area is 143 Å². The average molecular weight is 331 g/mol. The summed E-state index contributed by atoms with van der Waals surface area (Å²) in [6.45, 7) is 7.53. The summed E-state index contributed by atoms with van der Waals surface area (Å²) in [5.74, 6) is 0. The summed E-state index contributed by atoms with van der Waals surface area (Å²) >= 11 is 1.71. The van der Waals surface area contributed by atoms with Gasteiger partial charge in [0.05, 0.1) is 6.54 Å². The second kappa shape index (κ2) is 7.51. The molecule has 1 saturated heterocycles. The highest BCUT2D eigenvalue weighted by Gasteiger charge is 2.28. The number of hydrogen-bond donors (Lipinski definition) is 0. The van der Waals surface area contributed by atoms with Crippen LogP contribution in [0.25, 0.3) is 0 Å². The number of piperidine rings is 1. The van der Waals surface area contributed by atoms with E-state index in [1.165, 1.54) is 24.9 Å². The zero-order chi connectivity index (χ0) is 16.2. The first-order valence-corrected chi connectivity index (χ1v) is 9.20. The van der Waals surface area contributed by atoms with Crippen molar-refractivity contribution in [1.82, 2.24) is 20.0 Å². The van der Waals surface area contributed by atoms with Crippen molar-refractivity contribution in [2.24, 2.45) is 0 Å². The molecule has 1 aliphatic rings. The molecule has 1 aliphatic heterocycles. The van der Waals surface area contributed by atoms with E-state index in [2.05, 4.69) is 64.3 Å². The summed E-state index contributed by atoms with van der Waals surface area (Å²) in [5, 5.41) is 10.6. The van der Waals surface area contributed by atoms with Gasteiger partial charge in [-0.25, -0.2) is 0 Å². The minimum absolute atomic E-state index is 0.618. The van der Waals surface area contributed by atoms with E-state index in [0.29, 0.717) is 12.1 Å². The summed E-state index contributed by atoms with van der Waals surface area (Å²) in [6.07, 6.45) is 2.45. The van der Waals surface area contributed by atoms with Gasteiger partial charge in [0.1, 0.15) is 10.0 Å². The molecule has 1 aromatic carbocycles. The van der Waals surface area contributed by atoms with Crippen LogP contribution in [0.4, 0.5) is 0 Å². The molecule has 0 aliphatic carbocycles. The largest absolute Gasteiger partial charge is 0.297 e. The Morgan fingerprint density at radius 2 is 2.04 bits per heavy atom. The fourth-order valence-corrected chi connectivity index (χ4v) is 4.17. The first-order valence-electron chi connectivity index (χ1n) is 8.39. The molecule has 0 radical (unpaired) electrons. The number of aryl methyl sites for hydroxylation is 1. The van der Waals surface area contributed by atoms with Crippen molar-refractivity contribution in [2.75, 3.05) is 13.6 Å². The minimum atomic E-state index is 0.618. The summed E-state index contributed by atoms with van der Waals surface area (Å²) in [4.78, 5) is 5.06. The SMILES string of the molecule is Cc1nnc(CN(C)[C@H]2CCN(Cc3ccccc3)[C@H](C)C2)s1. The van der Waals surface area contributed by atoms with Crippen molar-refractivity contribution in [3.63, 3.8) is 0 Å². The molecule has 4 nitrogen and oxygen atoms in total. The van der Waals surface area contributed by atoms with Crippen LogP contribution in [0.3, 0.4) is 0 Å². The van der Waals surface area contributed by atoms with Crippen LogP contribution in [-0.4, -0.2) is 45.7 Å². The maximum atomic E-state index is 4.26. The molecule has 0 spiro atoms. The monoisotopic (exact) mass is 330 g/mol. The molecule has 0 unspecified atom stereocenters. The molecule has 0 saturated carbocycles. The smallest absolute Gasteiger partial charge is 0.131 e. The Kier molecular flexibility index (Phi) is 5.41. The second-order valence-corrected chi connectivity index (χ2v) is 7.88. The molecule has 1 aromatic heterocycles. The molecule has 0 N–H and O–H groups in total. The number of hydrogen-bond acceptors (Lipinski definition) is 5. The molecule has 2 atom stereocenters. The molecule has 2 aromatic rings. The topological polar surface area (TPSA) is 32.3 Å². The fraction of sp³-hybridized carbons (Fsp3) is 0.556. The lowest BCUT2D eigenvalue weighted by molar-refractivity contribution is 0.0770. The Balaban J connectivity index is 1.53. The van der Waals surface area contributed by atoms with Crippen LogP contribution >= 0.6 is 11.3 Å². The first-order chi connectivity index (χ1) is 11.1. The van der Waals surface area contributed by atoms with Crippen LogP contribution in [0.5, 0.6) is 0 Å². The Morgan fingerprint density at radius 1 is 1.26 bits per heavy atom. The maximum Gasteiger partial charge on any atom is 0.131 e. The molecule has 1 fully saturated rings. The Bertz CT molecular complexity index is 612.